The number of ether oxygens (including phenoxy) is 1. The van der Waals surface area contributed by atoms with Crippen LogP contribution in [0.15, 0.2) is 24.3 Å². The van der Waals surface area contributed by atoms with E-state index in [4.69, 9.17) is 4.74 Å². The van der Waals surface area contributed by atoms with E-state index in [0.717, 1.165) is 17.7 Å². The van der Waals surface area contributed by atoms with Crippen molar-refractivity contribution in [2.24, 2.45) is 0 Å². The van der Waals surface area contributed by atoms with Gasteiger partial charge in [0.1, 0.15) is 0 Å². The number of carbonyl (C=O) groups excluding carboxylic acids is 1. The lowest BCUT2D eigenvalue weighted by molar-refractivity contribution is -0.145. The number of para-hydroxylation sites is 1. The monoisotopic (exact) mass is 288 g/mol. The smallest absolute Gasteiger partial charge is 0.230 e. The maximum atomic E-state index is 13.0. The van der Waals surface area contributed by atoms with Crippen molar-refractivity contribution in [3.05, 3.63) is 29.8 Å². The van der Waals surface area contributed by atoms with Crippen LogP contribution in [0.4, 0.5) is 5.69 Å². The van der Waals surface area contributed by atoms with Gasteiger partial charge in [0, 0.05) is 24.8 Å². The summed E-state index contributed by atoms with van der Waals surface area (Å²) in [5.41, 5.74) is 2.23. The molecular weight excluding hydrogens is 264 g/mol. The molecular formula is C17H24N2O2. The van der Waals surface area contributed by atoms with Gasteiger partial charge in [-0.3, -0.25) is 4.79 Å². The van der Waals surface area contributed by atoms with Gasteiger partial charge in [-0.25, -0.2) is 0 Å². The van der Waals surface area contributed by atoms with Crippen LogP contribution in [0.25, 0.3) is 0 Å². The van der Waals surface area contributed by atoms with Crippen molar-refractivity contribution in [1.29, 1.82) is 0 Å². The van der Waals surface area contributed by atoms with Crippen LogP contribution in [0.5, 0.6) is 0 Å². The van der Waals surface area contributed by atoms with Crippen LogP contribution in [0, 0.1) is 0 Å². The summed E-state index contributed by atoms with van der Waals surface area (Å²) in [4.78, 5) is 15.0. The van der Waals surface area contributed by atoms with Gasteiger partial charge in [-0.15, -0.1) is 0 Å². The molecule has 4 atom stereocenters. The van der Waals surface area contributed by atoms with Gasteiger partial charge in [0.2, 0.25) is 5.91 Å². The fourth-order valence-electron chi connectivity index (χ4n) is 3.55. The van der Waals surface area contributed by atoms with Gasteiger partial charge < -0.3 is 15.0 Å². The first-order chi connectivity index (χ1) is 10.0. The van der Waals surface area contributed by atoms with Crippen molar-refractivity contribution in [3.8, 4) is 0 Å². The first kappa shape index (κ1) is 14.4. The van der Waals surface area contributed by atoms with Crippen LogP contribution in [-0.4, -0.2) is 42.1 Å². The van der Waals surface area contributed by atoms with Crippen LogP contribution in [0.2, 0.25) is 0 Å². The summed E-state index contributed by atoms with van der Waals surface area (Å²) in [5.74, 6) is 0.216. The number of benzene rings is 1. The Morgan fingerprint density at radius 3 is 2.57 bits per heavy atom. The Hall–Kier alpha value is -1.55. The highest BCUT2D eigenvalue weighted by Crippen LogP contribution is 2.35. The molecule has 1 amide bonds. The van der Waals surface area contributed by atoms with E-state index < -0.39 is 0 Å². The molecule has 0 radical (unpaired) electrons. The van der Waals surface area contributed by atoms with E-state index in [2.05, 4.69) is 24.4 Å². The molecule has 0 aliphatic carbocycles. The molecule has 2 aliphatic heterocycles. The molecule has 1 aromatic rings. The third kappa shape index (κ3) is 2.91. The van der Waals surface area contributed by atoms with Gasteiger partial charge in [-0.1, -0.05) is 18.2 Å². The second kappa shape index (κ2) is 5.68. The average Bonchev–Trinajstić information content (AvgIpc) is 2.44. The lowest BCUT2D eigenvalue weighted by Gasteiger charge is -2.39. The topological polar surface area (TPSA) is 41.6 Å². The summed E-state index contributed by atoms with van der Waals surface area (Å²) in [5, 5.41) is 3.47. The van der Waals surface area contributed by atoms with Gasteiger partial charge in [0.15, 0.2) is 0 Å². The van der Waals surface area contributed by atoms with Crippen molar-refractivity contribution >= 4 is 11.6 Å². The predicted molar refractivity (Wildman–Crippen MR) is 83.5 cm³/mol. The summed E-state index contributed by atoms with van der Waals surface area (Å²) in [6, 6.07) is 8.50. The number of hydrogen-bond donors (Lipinski definition) is 1. The highest BCUT2D eigenvalue weighted by atomic mass is 16.5. The molecule has 0 aromatic heterocycles. The van der Waals surface area contributed by atoms with Crippen LogP contribution < -0.4 is 5.32 Å². The Kier molecular flexibility index (Phi) is 3.89. The number of hydrogen-bond acceptors (Lipinski definition) is 3. The molecule has 114 valence electrons. The molecule has 1 aromatic carbocycles. The quantitative estimate of drug-likeness (QED) is 0.863. The number of anilines is 1. The largest absolute Gasteiger partial charge is 0.382 e. The molecule has 0 saturated carbocycles. The Bertz CT molecular complexity index is 521. The highest BCUT2D eigenvalue weighted by molar-refractivity contribution is 5.86. The Morgan fingerprint density at radius 2 is 1.86 bits per heavy atom. The van der Waals surface area contributed by atoms with Crippen LogP contribution in [0.1, 0.15) is 38.7 Å². The number of nitrogens with one attached hydrogen (secondary N) is 1. The Morgan fingerprint density at radius 1 is 1.19 bits per heavy atom. The minimum atomic E-state index is -0.0325. The molecule has 4 nitrogen and oxygen atoms in total. The van der Waals surface area contributed by atoms with Gasteiger partial charge in [-0.05, 0) is 38.8 Å². The lowest BCUT2D eigenvalue weighted by atomic mass is 9.86. The molecule has 0 spiro atoms. The van der Waals surface area contributed by atoms with E-state index in [0.29, 0.717) is 19.1 Å². The van der Waals surface area contributed by atoms with Gasteiger partial charge in [-0.2, -0.15) is 0 Å². The van der Waals surface area contributed by atoms with Crippen molar-refractivity contribution in [2.45, 2.75) is 51.4 Å². The second-order valence-corrected chi connectivity index (χ2v) is 6.42. The standard InChI is InChI=1S/C17H24N2O2/c1-11-8-15(14-6-4-5-7-16(14)18-11)17(20)19-9-12(2)21-13(3)10-19/h4-7,11-13,15,18H,8-10H2,1-3H3/t11?,12-,13+,15?. The molecule has 1 N–H and O–H groups in total. The summed E-state index contributed by atoms with van der Waals surface area (Å²) >= 11 is 0. The fourth-order valence-corrected chi connectivity index (χ4v) is 3.55. The normalized spacial score (nSPS) is 32.2. The van der Waals surface area contributed by atoms with Gasteiger partial charge in [0.25, 0.3) is 0 Å². The summed E-state index contributed by atoms with van der Waals surface area (Å²) in [6.45, 7) is 7.61. The first-order valence-electron chi connectivity index (χ1n) is 7.84. The maximum absolute atomic E-state index is 13.0. The molecule has 2 aliphatic rings. The number of fused-ring (bicyclic) bond motifs is 1. The zero-order valence-corrected chi connectivity index (χ0v) is 13.0. The van der Waals surface area contributed by atoms with E-state index >= 15 is 0 Å². The SMILES string of the molecule is CC1CC(C(=O)N2C[C@@H](C)O[C@@H](C)C2)c2ccccc2N1. The van der Waals surface area contributed by atoms with Crippen molar-refractivity contribution in [1.82, 2.24) is 4.90 Å². The van der Waals surface area contributed by atoms with E-state index in [9.17, 15) is 4.79 Å². The Labute approximate surface area is 126 Å². The number of morpholine rings is 1. The third-order valence-electron chi connectivity index (χ3n) is 4.36. The first-order valence-corrected chi connectivity index (χ1v) is 7.84. The van der Waals surface area contributed by atoms with E-state index in [1.165, 1.54) is 0 Å². The summed E-state index contributed by atoms with van der Waals surface area (Å²) in [6.07, 6.45) is 1.09. The molecule has 2 unspecified atom stereocenters. The van der Waals surface area contributed by atoms with Crippen LogP contribution in [0.3, 0.4) is 0 Å². The minimum Gasteiger partial charge on any atom is -0.382 e. The van der Waals surface area contributed by atoms with Crippen molar-refractivity contribution < 1.29 is 9.53 Å². The zero-order valence-electron chi connectivity index (χ0n) is 13.0. The molecule has 0 bridgehead atoms. The number of nitrogens with zero attached hydrogens (tertiary/aromatic N) is 1. The van der Waals surface area contributed by atoms with Crippen molar-refractivity contribution in [2.75, 3.05) is 18.4 Å². The van der Waals surface area contributed by atoms with E-state index in [1.807, 2.05) is 30.9 Å². The Balaban J connectivity index is 1.84. The average molecular weight is 288 g/mol. The van der Waals surface area contributed by atoms with Gasteiger partial charge in [0.05, 0.1) is 18.1 Å². The minimum absolute atomic E-state index is 0.0325. The summed E-state index contributed by atoms with van der Waals surface area (Å²) < 4.78 is 5.74. The fraction of sp³-hybridized carbons (Fsp3) is 0.588. The predicted octanol–water partition coefficient (Wildman–Crippen LogP) is 2.61. The number of carbonyl (C=O) groups is 1. The summed E-state index contributed by atoms with van der Waals surface area (Å²) in [7, 11) is 0. The number of rotatable bonds is 1. The molecule has 1 saturated heterocycles. The van der Waals surface area contributed by atoms with Crippen LogP contribution >= 0.6 is 0 Å². The second-order valence-electron chi connectivity index (χ2n) is 6.42. The van der Waals surface area contributed by atoms with Gasteiger partial charge >= 0.3 is 0 Å². The highest BCUT2D eigenvalue weighted by Gasteiger charge is 2.35. The van der Waals surface area contributed by atoms with Crippen LogP contribution in [-0.2, 0) is 9.53 Å². The molecule has 2 heterocycles. The van der Waals surface area contributed by atoms with E-state index in [1.54, 1.807) is 0 Å². The molecule has 4 heteroatoms. The molecule has 21 heavy (non-hydrogen) atoms. The third-order valence-corrected chi connectivity index (χ3v) is 4.36. The van der Waals surface area contributed by atoms with E-state index in [-0.39, 0.29) is 24.0 Å². The zero-order chi connectivity index (χ0) is 15.0. The maximum Gasteiger partial charge on any atom is 0.230 e. The lowest BCUT2D eigenvalue weighted by Crippen LogP contribution is -2.50. The molecule has 3 rings (SSSR count). The van der Waals surface area contributed by atoms with Crippen molar-refractivity contribution in [3.63, 3.8) is 0 Å². The molecule has 1 fully saturated rings. The number of amides is 1.